The number of hydrogen-bond acceptors (Lipinski definition) is 14. The van der Waals surface area contributed by atoms with E-state index in [1.54, 1.807) is 74.4 Å². The first-order valence-electron chi connectivity index (χ1n) is 20.0. The highest BCUT2D eigenvalue weighted by Gasteiger charge is 2.67. The minimum atomic E-state index is -1.24. The van der Waals surface area contributed by atoms with Gasteiger partial charge in [-0.2, -0.15) is 0 Å². The van der Waals surface area contributed by atoms with Crippen LogP contribution in [0.1, 0.15) is 125 Å². The Hall–Kier alpha value is -3.40. The lowest BCUT2D eigenvalue weighted by Gasteiger charge is -2.64. The molecular weight excluding hydrogens is 723 g/mol. The van der Waals surface area contributed by atoms with Gasteiger partial charge >= 0.3 is 31.4 Å². The minimum absolute atomic E-state index is 0.00893. The van der Waals surface area contributed by atoms with Crippen LogP contribution in [0.4, 0.5) is 9.59 Å². The Morgan fingerprint density at radius 3 is 2.12 bits per heavy atom. The number of nitrogens with zero attached hydrogens (tertiary/aromatic N) is 1. The predicted molar refractivity (Wildman–Crippen MR) is 205 cm³/mol. The predicted octanol–water partition coefficient (Wildman–Crippen LogP) is 6.85. The second kappa shape index (κ2) is 14.8. The first kappa shape index (κ1) is 42.2. The Labute approximate surface area is 331 Å². The monoisotopic (exact) mass is 784 g/mol. The van der Waals surface area contributed by atoms with Gasteiger partial charge in [-0.25, -0.2) is 19.2 Å². The highest BCUT2D eigenvalue weighted by Crippen LogP contribution is 2.65. The fourth-order valence-corrected chi connectivity index (χ4v) is 8.98. The molecule has 6 fully saturated rings. The summed E-state index contributed by atoms with van der Waals surface area (Å²) in [5, 5.41) is 3.22. The number of rotatable bonds is 9. The standard InChI is InChI=1S/C41H61BN2O12/c1-36(2,3)52-32(45)30-27(49-26-22-44(23-26)41(17-13-19-43-41)33(46)51-35(48)54-38(7,8)9)15-14-24(31(30)50-34(47)53-37(4,5)6)16-18-42-55-29-21-25-20-28(39(25,10)11)40(29,12)56-42/h14-15,25-26,28-29,43H,13,16-23H2,1-12H3/t25-,28-,29+,40-,41-/m0/s1. The van der Waals surface area contributed by atoms with E-state index in [1.807, 2.05) is 4.90 Å². The van der Waals surface area contributed by atoms with E-state index in [1.165, 1.54) is 0 Å². The second-order valence-electron chi connectivity index (χ2n) is 19.8. The Balaban J connectivity index is 1.24. The van der Waals surface area contributed by atoms with Gasteiger partial charge in [-0.15, -0.1) is 0 Å². The van der Waals surface area contributed by atoms with Crippen LogP contribution in [0.3, 0.4) is 0 Å². The molecule has 0 spiro atoms. The Morgan fingerprint density at radius 1 is 0.893 bits per heavy atom. The van der Waals surface area contributed by atoms with E-state index >= 15 is 0 Å². The first-order valence-corrected chi connectivity index (χ1v) is 20.0. The molecular formula is C41H61BN2O12. The van der Waals surface area contributed by atoms with E-state index in [-0.39, 0.29) is 47.3 Å². The largest absolute Gasteiger partial charge is 0.516 e. The molecule has 0 unspecified atom stereocenters. The molecule has 1 aromatic rings. The SMILES string of the molecule is CC(C)(C)OC(=O)OC(=O)[C@@]1(N2CC(Oc3ccc(CCB4O[C@@H]5C[C@@H]6C[C@@H](C6(C)C)[C@]5(C)O4)c(OC(=O)OC(C)(C)C)c3C(=O)OC(C)(C)C)C2)CCCN1. The molecule has 2 bridgehead atoms. The molecule has 1 N–H and O–H groups in total. The van der Waals surface area contributed by atoms with Gasteiger partial charge in [0.1, 0.15) is 34.2 Å². The fourth-order valence-electron chi connectivity index (χ4n) is 8.98. The van der Waals surface area contributed by atoms with Crippen LogP contribution in [0.2, 0.25) is 6.32 Å². The summed E-state index contributed by atoms with van der Waals surface area (Å²) in [5.41, 5.74) is -3.52. The van der Waals surface area contributed by atoms with E-state index < -0.39 is 59.9 Å². The van der Waals surface area contributed by atoms with Gasteiger partial charge in [0.15, 0.2) is 11.4 Å². The van der Waals surface area contributed by atoms with Gasteiger partial charge in [-0.05, 0) is 143 Å². The summed E-state index contributed by atoms with van der Waals surface area (Å²) in [6.45, 7) is 23.4. The molecule has 3 aliphatic heterocycles. The molecule has 1 aromatic carbocycles. The Bertz CT molecular complexity index is 1700. The van der Waals surface area contributed by atoms with Crippen LogP contribution in [-0.2, 0) is 39.5 Å². The minimum Gasteiger partial charge on any atom is -0.487 e. The van der Waals surface area contributed by atoms with E-state index in [0.717, 1.165) is 12.8 Å². The summed E-state index contributed by atoms with van der Waals surface area (Å²) in [4.78, 5) is 55.0. The van der Waals surface area contributed by atoms with Crippen molar-refractivity contribution in [1.29, 1.82) is 0 Å². The van der Waals surface area contributed by atoms with Gasteiger partial charge in [0.25, 0.3) is 0 Å². The number of nitrogens with one attached hydrogen (secondary N) is 1. The average Bonchev–Trinajstić information content (AvgIpc) is 3.64. The second-order valence-corrected chi connectivity index (χ2v) is 19.8. The van der Waals surface area contributed by atoms with Crippen LogP contribution in [0, 0.1) is 17.3 Å². The number of ether oxygens (including phenoxy) is 6. The molecule has 3 saturated carbocycles. The van der Waals surface area contributed by atoms with Crippen molar-refractivity contribution in [3.63, 3.8) is 0 Å². The van der Waals surface area contributed by atoms with E-state index in [2.05, 4.69) is 26.1 Å². The zero-order valence-electron chi connectivity index (χ0n) is 35.3. The lowest BCUT2D eigenvalue weighted by Crippen LogP contribution is -2.71. The van der Waals surface area contributed by atoms with Crippen LogP contribution < -0.4 is 14.8 Å². The maximum absolute atomic E-state index is 14.1. The van der Waals surface area contributed by atoms with Crippen molar-refractivity contribution in [1.82, 2.24) is 10.2 Å². The lowest BCUT2D eigenvalue weighted by molar-refractivity contribution is -0.199. The quantitative estimate of drug-likeness (QED) is 0.0912. The number of hydrogen-bond donors (Lipinski definition) is 1. The smallest absolute Gasteiger partial charge is 0.487 e. The molecule has 15 heteroatoms. The first-order chi connectivity index (χ1) is 25.8. The Morgan fingerprint density at radius 2 is 1.54 bits per heavy atom. The molecule has 6 aliphatic rings. The molecule has 7 rings (SSSR count). The molecule has 0 radical (unpaired) electrons. The summed E-state index contributed by atoms with van der Waals surface area (Å²) in [6.07, 6.45) is 1.48. The van der Waals surface area contributed by atoms with Gasteiger partial charge in [0.2, 0.25) is 0 Å². The van der Waals surface area contributed by atoms with Crippen LogP contribution >= 0.6 is 0 Å². The van der Waals surface area contributed by atoms with Crippen molar-refractivity contribution in [2.24, 2.45) is 17.3 Å². The zero-order valence-corrected chi connectivity index (χ0v) is 35.3. The molecule has 56 heavy (non-hydrogen) atoms. The van der Waals surface area contributed by atoms with Crippen molar-refractivity contribution in [3.05, 3.63) is 23.3 Å². The van der Waals surface area contributed by atoms with Gasteiger partial charge < -0.3 is 37.7 Å². The summed E-state index contributed by atoms with van der Waals surface area (Å²) < 4.78 is 47.3. The van der Waals surface area contributed by atoms with Crippen molar-refractivity contribution >= 4 is 31.4 Å². The molecule has 310 valence electrons. The molecule has 14 nitrogen and oxygen atoms in total. The maximum atomic E-state index is 14.1. The third-order valence-corrected chi connectivity index (χ3v) is 11.7. The molecule has 0 aromatic heterocycles. The number of carbonyl (C=O) groups excluding carboxylic acids is 4. The van der Waals surface area contributed by atoms with Crippen LogP contribution in [0.25, 0.3) is 0 Å². The van der Waals surface area contributed by atoms with Crippen molar-refractivity contribution < 1.29 is 56.9 Å². The summed E-state index contributed by atoms with van der Waals surface area (Å²) in [5.74, 6) is -0.361. The number of likely N-dealkylation sites (tertiary alicyclic amines) is 1. The van der Waals surface area contributed by atoms with Crippen LogP contribution in [0.15, 0.2) is 12.1 Å². The topological polar surface area (TPSA) is 157 Å². The third-order valence-electron chi connectivity index (χ3n) is 11.7. The number of aryl methyl sites for hydroxylation is 1. The highest BCUT2D eigenvalue weighted by molar-refractivity contribution is 6.45. The summed E-state index contributed by atoms with van der Waals surface area (Å²) in [6, 6.07) is 3.44. The number of esters is 2. The molecule has 5 atom stereocenters. The van der Waals surface area contributed by atoms with Crippen molar-refractivity contribution in [3.8, 4) is 11.5 Å². The molecule has 3 saturated heterocycles. The molecule has 0 amide bonds. The van der Waals surface area contributed by atoms with E-state index in [0.29, 0.717) is 49.5 Å². The third kappa shape index (κ3) is 8.70. The van der Waals surface area contributed by atoms with Crippen molar-refractivity contribution in [2.45, 2.75) is 162 Å². The van der Waals surface area contributed by atoms with Gasteiger partial charge in [0, 0.05) is 13.1 Å². The van der Waals surface area contributed by atoms with Crippen LogP contribution in [0.5, 0.6) is 11.5 Å². The lowest BCUT2D eigenvalue weighted by atomic mass is 9.43. The van der Waals surface area contributed by atoms with E-state index in [9.17, 15) is 19.2 Å². The number of carbonyl (C=O) groups is 4. The molecule has 3 heterocycles. The fraction of sp³-hybridized carbons (Fsp3) is 0.756. The average molecular weight is 785 g/mol. The number of benzene rings is 1. The summed E-state index contributed by atoms with van der Waals surface area (Å²) in [7, 11) is -0.477. The van der Waals surface area contributed by atoms with Crippen molar-refractivity contribution in [2.75, 3.05) is 19.6 Å². The molecule has 3 aliphatic carbocycles. The highest BCUT2D eigenvalue weighted by atomic mass is 16.8. The maximum Gasteiger partial charge on any atom is 0.516 e. The van der Waals surface area contributed by atoms with Gasteiger partial charge in [-0.1, -0.05) is 19.9 Å². The van der Waals surface area contributed by atoms with Crippen LogP contribution in [-0.4, -0.2) is 96.2 Å². The Kier molecular flexibility index (Phi) is 11.1. The van der Waals surface area contributed by atoms with Gasteiger partial charge in [0.05, 0.1) is 11.7 Å². The van der Waals surface area contributed by atoms with E-state index in [4.69, 9.17) is 37.7 Å². The zero-order chi connectivity index (χ0) is 41.2. The normalized spacial score (nSPS) is 28.7. The summed E-state index contributed by atoms with van der Waals surface area (Å²) >= 11 is 0. The van der Waals surface area contributed by atoms with Gasteiger partial charge in [-0.3, -0.25) is 10.2 Å².